The highest BCUT2D eigenvalue weighted by atomic mass is 32.1. The van der Waals surface area contributed by atoms with E-state index in [1.807, 2.05) is 45.0 Å². The summed E-state index contributed by atoms with van der Waals surface area (Å²) >= 11 is 1.25. The van der Waals surface area contributed by atoms with E-state index in [0.29, 0.717) is 29.5 Å². The molecule has 0 aliphatic rings. The molecule has 0 unspecified atom stereocenters. The van der Waals surface area contributed by atoms with Crippen molar-refractivity contribution >= 4 is 34.2 Å². The number of pyridine rings is 1. The highest BCUT2D eigenvalue weighted by Gasteiger charge is 2.20. The largest absolute Gasteiger partial charge is 0.352 e. The summed E-state index contributed by atoms with van der Waals surface area (Å²) in [5.74, 6) is -0.477. The van der Waals surface area contributed by atoms with Crippen molar-refractivity contribution in [2.45, 2.75) is 33.7 Å². The van der Waals surface area contributed by atoms with E-state index in [1.165, 1.54) is 11.3 Å². The molecule has 0 atom stereocenters. The molecular weight excluding hydrogens is 450 g/mol. The maximum Gasteiger partial charge on any atom is 0.254 e. The highest BCUT2D eigenvalue weighted by Crippen LogP contribution is 2.16. The fourth-order valence-corrected chi connectivity index (χ4v) is 3.97. The van der Waals surface area contributed by atoms with E-state index in [9.17, 15) is 14.4 Å². The molecule has 0 aliphatic heterocycles. The van der Waals surface area contributed by atoms with Gasteiger partial charge in [-0.25, -0.2) is 4.98 Å². The Morgan fingerprint density at radius 2 is 1.85 bits per heavy atom. The normalized spacial score (nSPS) is 10.7. The minimum atomic E-state index is -0.331. The Labute approximate surface area is 203 Å². The second-order valence-corrected chi connectivity index (χ2v) is 9.31. The van der Waals surface area contributed by atoms with Crippen molar-refractivity contribution in [3.05, 3.63) is 76.6 Å². The Morgan fingerprint density at radius 1 is 1.09 bits per heavy atom. The van der Waals surface area contributed by atoms with Crippen LogP contribution in [0.15, 0.2) is 54.2 Å². The molecule has 0 saturated carbocycles. The van der Waals surface area contributed by atoms with Gasteiger partial charge in [-0.3, -0.25) is 19.4 Å². The van der Waals surface area contributed by atoms with Crippen molar-refractivity contribution in [3.8, 4) is 0 Å². The highest BCUT2D eigenvalue weighted by molar-refractivity contribution is 7.13. The molecule has 2 N–H and O–H groups in total. The molecule has 2 heterocycles. The lowest BCUT2D eigenvalue weighted by Gasteiger charge is -2.24. The number of nitrogens with zero attached hydrogens (tertiary/aromatic N) is 3. The van der Waals surface area contributed by atoms with E-state index >= 15 is 0 Å². The predicted octanol–water partition coefficient (Wildman–Crippen LogP) is 3.44. The van der Waals surface area contributed by atoms with Crippen molar-refractivity contribution < 1.29 is 14.4 Å². The number of nitrogens with one attached hydrogen (secondary N) is 2. The molecule has 3 rings (SSSR count). The van der Waals surface area contributed by atoms with Crippen LogP contribution in [-0.2, 0) is 22.6 Å². The third kappa shape index (κ3) is 7.77. The first kappa shape index (κ1) is 25.0. The summed E-state index contributed by atoms with van der Waals surface area (Å²) < 4.78 is 0. The minimum absolute atomic E-state index is 0.0780. The number of anilines is 1. The number of aryl methyl sites for hydroxylation is 1. The summed E-state index contributed by atoms with van der Waals surface area (Å²) in [5.41, 5.74) is 3.09. The van der Waals surface area contributed by atoms with Gasteiger partial charge in [0.15, 0.2) is 5.13 Å². The van der Waals surface area contributed by atoms with Crippen LogP contribution in [0.25, 0.3) is 0 Å². The van der Waals surface area contributed by atoms with Gasteiger partial charge in [-0.1, -0.05) is 37.6 Å². The predicted molar refractivity (Wildman–Crippen MR) is 132 cm³/mol. The van der Waals surface area contributed by atoms with Gasteiger partial charge in [0.1, 0.15) is 6.54 Å². The Morgan fingerprint density at radius 3 is 2.53 bits per heavy atom. The first-order valence-corrected chi connectivity index (χ1v) is 11.9. The Kier molecular flexibility index (Phi) is 8.86. The molecule has 1 aromatic carbocycles. The fourth-order valence-electron chi connectivity index (χ4n) is 3.25. The van der Waals surface area contributed by atoms with Crippen molar-refractivity contribution in [2.75, 3.05) is 18.4 Å². The lowest BCUT2D eigenvalue weighted by Crippen LogP contribution is -2.40. The van der Waals surface area contributed by atoms with Crippen molar-refractivity contribution in [2.24, 2.45) is 5.92 Å². The molecular formula is C25H29N5O3S. The number of carbonyl (C=O) groups is 3. The molecule has 9 heteroatoms. The van der Waals surface area contributed by atoms with Crippen molar-refractivity contribution in [1.29, 1.82) is 0 Å². The molecule has 34 heavy (non-hydrogen) atoms. The maximum atomic E-state index is 13.0. The van der Waals surface area contributed by atoms with E-state index in [-0.39, 0.29) is 36.6 Å². The van der Waals surface area contributed by atoms with Gasteiger partial charge in [0, 0.05) is 36.4 Å². The van der Waals surface area contributed by atoms with Crippen LogP contribution in [0.5, 0.6) is 0 Å². The maximum absolute atomic E-state index is 13.0. The van der Waals surface area contributed by atoms with Gasteiger partial charge < -0.3 is 15.5 Å². The van der Waals surface area contributed by atoms with Crippen LogP contribution in [0.4, 0.5) is 5.13 Å². The molecule has 0 aliphatic carbocycles. The van der Waals surface area contributed by atoms with Gasteiger partial charge in [0.2, 0.25) is 11.8 Å². The minimum Gasteiger partial charge on any atom is -0.352 e. The smallest absolute Gasteiger partial charge is 0.254 e. The van der Waals surface area contributed by atoms with E-state index in [0.717, 1.165) is 11.1 Å². The zero-order valence-corrected chi connectivity index (χ0v) is 20.4. The quantitative estimate of drug-likeness (QED) is 0.464. The van der Waals surface area contributed by atoms with Gasteiger partial charge in [-0.15, -0.1) is 11.3 Å². The summed E-state index contributed by atoms with van der Waals surface area (Å²) in [6, 6.07) is 11.0. The summed E-state index contributed by atoms with van der Waals surface area (Å²) in [7, 11) is 0. The van der Waals surface area contributed by atoms with E-state index in [4.69, 9.17) is 0 Å². The monoisotopic (exact) mass is 479 g/mol. The number of aromatic nitrogens is 2. The summed E-state index contributed by atoms with van der Waals surface area (Å²) in [6.07, 6.45) is 3.48. The van der Waals surface area contributed by atoms with Gasteiger partial charge in [0.25, 0.3) is 5.91 Å². The van der Waals surface area contributed by atoms with Gasteiger partial charge >= 0.3 is 0 Å². The zero-order valence-electron chi connectivity index (χ0n) is 19.6. The van der Waals surface area contributed by atoms with E-state index < -0.39 is 0 Å². The summed E-state index contributed by atoms with van der Waals surface area (Å²) in [6.45, 7) is 6.73. The third-order valence-electron chi connectivity index (χ3n) is 4.86. The summed E-state index contributed by atoms with van der Waals surface area (Å²) in [4.78, 5) is 47.7. The molecule has 8 nitrogen and oxygen atoms in total. The average molecular weight is 480 g/mol. The first-order valence-electron chi connectivity index (χ1n) is 11.1. The first-order chi connectivity index (χ1) is 16.3. The van der Waals surface area contributed by atoms with Gasteiger partial charge in [-0.2, -0.15) is 0 Å². The zero-order chi connectivity index (χ0) is 24.5. The van der Waals surface area contributed by atoms with Crippen LogP contribution < -0.4 is 10.6 Å². The van der Waals surface area contributed by atoms with Crippen LogP contribution in [0.3, 0.4) is 0 Å². The van der Waals surface area contributed by atoms with Gasteiger partial charge in [-0.05, 0) is 36.6 Å². The standard InChI is InChI=1S/C25H29N5O3S/c1-17(2)14-30(24(33)20-8-6-18(3)7-9-20)15-23(32)29-25-28-21(16-34-25)11-22(31)27-13-19-5-4-10-26-12-19/h4-10,12,16-17H,11,13-15H2,1-3H3,(H,27,31)(H,28,29,32). The Hall–Kier alpha value is -3.59. The third-order valence-corrected chi connectivity index (χ3v) is 5.66. The molecule has 3 aromatic rings. The lowest BCUT2D eigenvalue weighted by molar-refractivity contribution is -0.120. The second-order valence-electron chi connectivity index (χ2n) is 8.45. The number of amides is 3. The number of hydrogen-bond donors (Lipinski definition) is 2. The van der Waals surface area contributed by atoms with Gasteiger partial charge in [0.05, 0.1) is 12.1 Å². The molecule has 0 saturated heterocycles. The van der Waals surface area contributed by atoms with Crippen LogP contribution in [0.2, 0.25) is 0 Å². The molecule has 3 amide bonds. The fraction of sp³-hybridized carbons (Fsp3) is 0.320. The lowest BCUT2D eigenvalue weighted by atomic mass is 10.1. The van der Waals surface area contributed by atoms with Crippen LogP contribution in [0, 0.1) is 12.8 Å². The number of thiazole rings is 1. The topological polar surface area (TPSA) is 104 Å². The number of carbonyl (C=O) groups excluding carboxylic acids is 3. The number of rotatable bonds is 10. The molecule has 0 radical (unpaired) electrons. The SMILES string of the molecule is Cc1ccc(C(=O)N(CC(=O)Nc2nc(CC(=O)NCc3cccnc3)cs2)CC(C)C)cc1. The molecule has 0 fully saturated rings. The van der Waals surface area contributed by atoms with Crippen molar-refractivity contribution in [1.82, 2.24) is 20.2 Å². The Balaban J connectivity index is 1.54. The van der Waals surface area contributed by atoms with Crippen molar-refractivity contribution in [3.63, 3.8) is 0 Å². The number of hydrogen-bond acceptors (Lipinski definition) is 6. The van der Waals surface area contributed by atoms with Crippen LogP contribution in [0.1, 0.15) is 41.0 Å². The van der Waals surface area contributed by atoms with E-state index in [2.05, 4.69) is 20.6 Å². The summed E-state index contributed by atoms with van der Waals surface area (Å²) in [5, 5.41) is 7.71. The van der Waals surface area contributed by atoms with Crippen LogP contribution in [-0.4, -0.2) is 45.7 Å². The molecule has 0 bridgehead atoms. The average Bonchev–Trinajstić information content (AvgIpc) is 3.24. The molecule has 178 valence electrons. The Bertz CT molecular complexity index is 1110. The molecule has 0 spiro atoms. The number of benzene rings is 1. The second kappa shape index (κ2) is 12.0. The molecule has 2 aromatic heterocycles. The van der Waals surface area contributed by atoms with E-state index in [1.54, 1.807) is 34.8 Å². The van der Waals surface area contributed by atoms with Crippen LogP contribution >= 0.6 is 11.3 Å².